The van der Waals surface area contributed by atoms with Crippen LogP contribution in [0.15, 0.2) is 0 Å². The van der Waals surface area contributed by atoms with E-state index in [9.17, 15) is 4.79 Å². The lowest BCUT2D eigenvalue weighted by Crippen LogP contribution is -2.10. The van der Waals surface area contributed by atoms with Crippen molar-refractivity contribution in [1.82, 2.24) is 0 Å². The Kier molecular flexibility index (Phi) is 23.3. The number of unbranched alkanes of at least 4 members (excludes halogenated alkanes) is 20. The van der Waals surface area contributed by atoms with Crippen molar-refractivity contribution in [2.45, 2.75) is 168 Å². The van der Waals surface area contributed by atoms with Crippen LogP contribution in [0.2, 0.25) is 0 Å². The fourth-order valence-corrected chi connectivity index (χ4v) is 4.02. The zero-order valence-electron chi connectivity index (χ0n) is 20.5. The molecular formula is C27H54O2. The summed E-state index contributed by atoms with van der Waals surface area (Å²) in [6, 6.07) is 0. The van der Waals surface area contributed by atoms with E-state index in [2.05, 4.69) is 6.92 Å². The number of carbonyl (C=O) groups is 1. The summed E-state index contributed by atoms with van der Waals surface area (Å²) in [4.78, 5) is 11.4. The molecule has 174 valence electrons. The molecule has 0 aliphatic rings. The fraction of sp³-hybridized carbons (Fsp3) is 0.963. The first-order valence-electron chi connectivity index (χ1n) is 13.4. The van der Waals surface area contributed by atoms with Crippen molar-refractivity contribution in [3.8, 4) is 0 Å². The van der Waals surface area contributed by atoms with E-state index in [-0.39, 0.29) is 12.1 Å². The van der Waals surface area contributed by atoms with Gasteiger partial charge in [0.1, 0.15) is 0 Å². The van der Waals surface area contributed by atoms with Crippen LogP contribution in [-0.4, -0.2) is 12.1 Å². The third-order valence-electron chi connectivity index (χ3n) is 5.85. The predicted octanol–water partition coefficient (Wildman–Crippen LogP) is 9.54. The number of hydrogen-bond acceptors (Lipinski definition) is 2. The van der Waals surface area contributed by atoms with Crippen molar-refractivity contribution < 1.29 is 9.53 Å². The molecule has 29 heavy (non-hydrogen) atoms. The summed E-state index contributed by atoms with van der Waals surface area (Å²) >= 11 is 0. The van der Waals surface area contributed by atoms with Gasteiger partial charge in [0.25, 0.3) is 0 Å². The molecule has 0 radical (unpaired) electrons. The standard InChI is InChI=1S/C27H54O2/c1-4-5-6-7-8-9-10-11-12-13-14-15-16-17-18-19-20-21-22-23-24-25-27(28)29-26(2)3/h26H,4-25H2,1-3H3. The molecule has 0 aromatic rings. The first kappa shape index (κ1) is 28.5. The minimum Gasteiger partial charge on any atom is -0.463 e. The number of esters is 1. The SMILES string of the molecule is CCCCCCCCCCCCCCCCCCCCCCCC(=O)OC(C)C. The smallest absolute Gasteiger partial charge is 0.306 e. The molecule has 0 heterocycles. The number of carbonyl (C=O) groups excluding carboxylic acids is 1. The quantitative estimate of drug-likeness (QED) is 0.124. The van der Waals surface area contributed by atoms with E-state index in [1.807, 2.05) is 13.8 Å². The predicted molar refractivity (Wildman–Crippen MR) is 128 cm³/mol. The van der Waals surface area contributed by atoms with E-state index in [1.165, 1.54) is 128 Å². The maximum absolute atomic E-state index is 11.4. The summed E-state index contributed by atoms with van der Waals surface area (Å²) in [5.41, 5.74) is 0. The number of ether oxygens (including phenoxy) is 1. The van der Waals surface area contributed by atoms with Gasteiger partial charge in [0.2, 0.25) is 0 Å². The molecule has 0 saturated carbocycles. The highest BCUT2D eigenvalue weighted by molar-refractivity contribution is 5.69. The molecule has 0 spiro atoms. The molecule has 0 N–H and O–H groups in total. The van der Waals surface area contributed by atoms with Gasteiger partial charge in [-0.15, -0.1) is 0 Å². The summed E-state index contributed by atoms with van der Waals surface area (Å²) in [5, 5.41) is 0. The maximum atomic E-state index is 11.4. The van der Waals surface area contributed by atoms with E-state index in [0.29, 0.717) is 6.42 Å². The van der Waals surface area contributed by atoms with Gasteiger partial charge in [-0.3, -0.25) is 4.79 Å². The lowest BCUT2D eigenvalue weighted by atomic mass is 10.0. The van der Waals surface area contributed by atoms with Gasteiger partial charge in [-0.1, -0.05) is 135 Å². The molecule has 0 atom stereocenters. The molecule has 0 bridgehead atoms. The zero-order valence-corrected chi connectivity index (χ0v) is 20.5. The topological polar surface area (TPSA) is 26.3 Å². The van der Waals surface area contributed by atoms with Gasteiger partial charge in [0.15, 0.2) is 0 Å². The van der Waals surface area contributed by atoms with Gasteiger partial charge in [0.05, 0.1) is 6.10 Å². The van der Waals surface area contributed by atoms with Crippen LogP contribution in [0, 0.1) is 0 Å². The number of hydrogen-bond donors (Lipinski definition) is 0. The minimum atomic E-state index is -0.0298. The van der Waals surface area contributed by atoms with Crippen molar-refractivity contribution in [3.63, 3.8) is 0 Å². The normalized spacial score (nSPS) is 11.3. The monoisotopic (exact) mass is 410 g/mol. The van der Waals surface area contributed by atoms with Crippen LogP contribution in [0.5, 0.6) is 0 Å². The Balaban J connectivity index is 3.06. The van der Waals surface area contributed by atoms with E-state index < -0.39 is 0 Å². The van der Waals surface area contributed by atoms with Crippen LogP contribution in [0.25, 0.3) is 0 Å². The molecule has 0 saturated heterocycles. The van der Waals surface area contributed by atoms with Crippen molar-refractivity contribution in [1.29, 1.82) is 0 Å². The van der Waals surface area contributed by atoms with Crippen LogP contribution in [0.4, 0.5) is 0 Å². The van der Waals surface area contributed by atoms with Gasteiger partial charge in [-0.05, 0) is 20.3 Å². The number of rotatable bonds is 23. The average molecular weight is 411 g/mol. The maximum Gasteiger partial charge on any atom is 0.306 e. The molecule has 0 unspecified atom stereocenters. The van der Waals surface area contributed by atoms with Gasteiger partial charge >= 0.3 is 5.97 Å². The molecule has 0 rings (SSSR count). The Bertz CT molecular complexity index is 324. The Hall–Kier alpha value is -0.530. The Morgan fingerprint density at radius 2 is 0.793 bits per heavy atom. The Morgan fingerprint density at radius 3 is 1.07 bits per heavy atom. The van der Waals surface area contributed by atoms with E-state index in [0.717, 1.165) is 6.42 Å². The largest absolute Gasteiger partial charge is 0.463 e. The van der Waals surface area contributed by atoms with E-state index in [4.69, 9.17) is 4.74 Å². The Labute approximate surface area is 184 Å². The molecule has 0 aliphatic carbocycles. The molecule has 0 aromatic carbocycles. The van der Waals surface area contributed by atoms with Crippen LogP contribution in [-0.2, 0) is 9.53 Å². The Morgan fingerprint density at radius 1 is 0.517 bits per heavy atom. The highest BCUT2D eigenvalue weighted by Gasteiger charge is 2.04. The summed E-state index contributed by atoms with van der Waals surface area (Å²) in [7, 11) is 0. The third kappa shape index (κ3) is 25.4. The highest BCUT2D eigenvalue weighted by atomic mass is 16.5. The summed E-state index contributed by atoms with van der Waals surface area (Å²) < 4.78 is 5.16. The van der Waals surface area contributed by atoms with E-state index >= 15 is 0 Å². The first-order chi connectivity index (χ1) is 14.2. The molecule has 0 amide bonds. The highest BCUT2D eigenvalue weighted by Crippen LogP contribution is 2.15. The van der Waals surface area contributed by atoms with Gasteiger partial charge in [-0.2, -0.15) is 0 Å². The lowest BCUT2D eigenvalue weighted by molar-refractivity contribution is -0.147. The molecule has 2 heteroatoms. The second-order valence-corrected chi connectivity index (χ2v) is 9.36. The van der Waals surface area contributed by atoms with Crippen LogP contribution in [0.1, 0.15) is 162 Å². The van der Waals surface area contributed by atoms with Crippen molar-refractivity contribution in [2.75, 3.05) is 0 Å². The van der Waals surface area contributed by atoms with Gasteiger partial charge < -0.3 is 4.74 Å². The summed E-state index contributed by atoms with van der Waals surface area (Å²) in [5.74, 6) is -0.0298. The molecule has 2 nitrogen and oxygen atoms in total. The third-order valence-corrected chi connectivity index (χ3v) is 5.85. The van der Waals surface area contributed by atoms with Crippen molar-refractivity contribution in [3.05, 3.63) is 0 Å². The molecule has 0 fully saturated rings. The second kappa shape index (κ2) is 23.7. The molecule has 0 aliphatic heterocycles. The van der Waals surface area contributed by atoms with E-state index in [1.54, 1.807) is 0 Å². The van der Waals surface area contributed by atoms with Crippen LogP contribution < -0.4 is 0 Å². The van der Waals surface area contributed by atoms with Gasteiger partial charge in [-0.25, -0.2) is 0 Å². The average Bonchev–Trinajstić information content (AvgIpc) is 2.68. The summed E-state index contributed by atoms with van der Waals surface area (Å²) in [6.45, 7) is 6.12. The van der Waals surface area contributed by atoms with Crippen LogP contribution in [0.3, 0.4) is 0 Å². The zero-order chi connectivity index (χ0) is 21.4. The molecular weight excluding hydrogens is 356 g/mol. The van der Waals surface area contributed by atoms with Crippen molar-refractivity contribution in [2.24, 2.45) is 0 Å². The second-order valence-electron chi connectivity index (χ2n) is 9.36. The lowest BCUT2D eigenvalue weighted by Gasteiger charge is -2.07. The van der Waals surface area contributed by atoms with Crippen molar-refractivity contribution >= 4 is 5.97 Å². The first-order valence-corrected chi connectivity index (χ1v) is 13.4. The van der Waals surface area contributed by atoms with Crippen LogP contribution >= 0.6 is 0 Å². The summed E-state index contributed by atoms with van der Waals surface area (Å²) in [6.07, 6.45) is 29.8. The van der Waals surface area contributed by atoms with Gasteiger partial charge in [0, 0.05) is 6.42 Å². The fourth-order valence-electron chi connectivity index (χ4n) is 4.02. The molecule has 0 aromatic heterocycles. The minimum absolute atomic E-state index is 0.0254.